The quantitative estimate of drug-likeness (QED) is 0.631. The van der Waals surface area contributed by atoms with E-state index in [-0.39, 0.29) is 56.0 Å². The van der Waals surface area contributed by atoms with Gasteiger partial charge in [0.05, 0.1) is 24.5 Å². The Hall–Kier alpha value is -3.09. The molecular weight excluding hydrogens is 463 g/mol. The van der Waals surface area contributed by atoms with E-state index >= 15 is 0 Å². The molecule has 0 aromatic carbocycles. The average Bonchev–Trinajstić information content (AvgIpc) is 3.29. The number of aromatic amines is 1. The van der Waals surface area contributed by atoms with Gasteiger partial charge in [0.25, 0.3) is 5.92 Å². The zero-order valence-electron chi connectivity index (χ0n) is 18.0. The first kappa shape index (κ1) is 24.0. The number of amides is 2. The number of hydrogen-bond donors (Lipinski definition) is 2. The molecule has 3 N–H and O–H groups in total. The van der Waals surface area contributed by atoms with Gasteiger partial charge in [0.1, 0.15) is 0 Å². The van der Waals surface area contributed by atoms with E-state index in [0.717, 1.165) is 4.90 Å². The number of fused-ring (bicyclic) bond motifs is 1. The SMILES string of the molecule is N[C@H](CC(=O)N1CCc2c(nc(-c3ccc[nH]3)nc2C(F)(F)F)C1)CN1CC(F)(F)CCC1=O. The Labute approximate surface area is 191 Å². The molecule has 8 nitrogen and oxygen atoms in total. The van der Waals surface area contributed by atoms with Crippen LogP contribution in [-0.4, -0.2) is 68.2 Å². The summed E-state index contributed by atoms with van der Waals surface area (Å²) < 4.78 is 68.2. The Morgan fingerprint density at radius 1 is 1.26 bits per heavy atom. The first-order valence-electron chi connectivity index (χ1n) is 10.7. The Morgan fingerprint density at radius 3 is 2.71 bits per heavy atom. The number of nitrogens with two attached hydrogens (primary N) is 1. The second-order valence-electron chi connectivity index (χ2n) is 8.56. The van der Waals surface area contributed by atoms with Crippen LogP contribution in [0.5, 0.6) is 0 Å². The smallest absolute Gasteiger partial charge is 0.359 e. The number of halogens is 5. The van der Waals surface area contributed by atoms with Gasteiger partial charge < -0.3 is 20.5 Å². The molecule has 2 aromatic heterocycles. The number of H-pyrrole nitrogens is 1. The minimum atomic E-state index is -4.69. The van der Waals surface area contributed by atoms with Gasteiger partial charge in [-0.3, -0.25) is 9.59 Å². The van der Waals surface area contributed by atoms with Crippen molar-refractivity contribution in [3.05, 3.63) is 35.3 Å². The van der Waals surface area contributed by atoms with Crippen molar-refractivity contribution in [2.45, 2.75) is 50.4 Å². The zero-order chi connectivity index (χ0) is 24.7. The molecule has 184 valence electrons. The molecule has 1 atom stereocenters. The van der Waals surface area contributed by atoms with Crippen molar-refractivity contribution in [1.29, 1.82) is 0 Å². The number of alkyl halides is 5. The van der Waals surface area contributed by atoms with Crippen LogP contribution < -0.4 is 5.73 Å². The minimum Gasteiger partial charge on any atom is -0.359 e. The average molecular weight is 486 g/mol. The van der Waals surface area contributed by atoms with Crippen LogP contribution in [0.2, 0.25) is 0 Å². The molecule has 13 heteroatoms. The number of likely N-dealkylation sites (tertiary alicyclic amines) is 1. The lowest BCUT2D eigenvalue weighted by Crippen LogP contribution is -2.51. The highest BCUT2D eigenvalue weighted by Crippen LogP contribution is 2.35. The van der Waals surface area contributed by atoms with E-state index in [0.29, 0.717) is 5.69 Å². The van der Waals surface area contributed by atoms with Gasteiger partial charge >= 0.3 is 6.18 Å². The van der Waals surface area contributed by atoms with Crippen molar-refractivity contribution >= 4 is 11.8 Å². The predicted octanol–water partition coefficient (Wildman–Crippen LogP) is 2.35. The molecule has 0 bridgehead atoms. The zero-order valence-corrected chi connectivity index (χ0v) is 18.0. The van der Waals surface area contributed by atoms with Crippen LogP contribution in [0, 0.1) is 0 Å². The third-order valence-corrected chi connectivity index (χ3v) is 5.90. The highest BCUT2D eigenvalue weighted by Gasteiger charge is 2.41. The number of carbonyl (C=O) groups is 2. The van der Waals surface area contributed by atoms with E-state index < -0.39 is 48.6 Å². The van der Waals surface area contributed by atoms with Crippen LogP contribution in [0.4, 0.5) is 22.0 Å². The largest absolute Gasteiger partial charge is 0.433 e. The molecule has 2 amide bonds. The molecule has 4 heterocycles. The fourth-order valence-corrected chi connectivity index (χ4v) is 4.23. The fourth-order valence-electron chi connectivity index (χ4n) is 4.23. The first-order chi connectivity index (χ1) is 15.9. The normalized spacial score (nSPS) is 19.2. The van der Waals surface area contributed by atoms with E-state index in [2.05, 4.69) is 15.0 Å². The van der Waals surface area contributed by atoms with Gasteiger partial charge in [0, 0.05) is 50.2 Å². The number of aromatic nitrogens is 3. The Morgan fingerprint density at radius 2 is 2.03 bits per heavy atom. The van der Waals surface area contributed by atoms with Gasteiger partial charge in [0.15, 0.2) is 11.5 Å². The molecule has 0 unspecified atom stereocenters. The summed E-state index contributed by atoms with van der Waals surface area (Å²) in [4.78, 5) is 37.7. The van der Waals surface area contributed by atoms with Crippen molar-refractivity contribution in [2.24, 2.45) is 5.73 Å². The lowest BCUT2D eigenvalue weighted by atomic mass is 10.0. The molecule has 4 rings (SSSR count). The fraction of sp³-hybridized carbons (Fsp3) is 0.524. The molecular formula is C21H23F5N6O2. The van der Waals surface area contributed by atoms with Crippen LogP contribution in [0.1, 0.15) is 36.2 Å². The number of nitrogens with zero attached hydrogens (tertiary/aromatic N) is 4. The maximum Gasteiger partial charge on any atom is 0.433 e. The van der Waals surface area contributed by atoms with Gasteiger partial charge in [-0.25, -0.2) is 18.7 Å². The predicted molar refractivity (Wildman–Crippen MR) is 109 cm³/mol. The van der Waals surface area contributed by atoms with Crippen molar-refractivity contribution in [3.63, 3.8) is 0 Å². The summed E-state index contributed by atoms with van der Waals surface area (Å²) in [6.07, 6.45) is -4.30. The van der Waals surface area contributed by atoms with Crippen molar-refractivity contribution in [2.75, 3.05) is 19.6 Å². The summed E-state index contributed by atoms with van der Waals surface area (Å²) in [6.45, 7) is -1.11. The van der Waals surface area contributed by atoms with Gasteiger partial charge in [-0.05, 0) is 18.6 Å². The number of hydrogen-bond acceptors (Lipinski definition) is 5. The summed E-state index contributed by atoms with van der Waals surface area (Å²) in [5, 5.41) is 0. The van der Waals surface area contributed by atoms with Crippen molar-refractivity contribution < 1.29 is 31.5 Å². The molecule has 2 aliphatic rings. The second-order valence-corrected chi connectivity index (χ2v) is 8.56. The first-order valence-corrected chi connectivity index (χ1v) is 10.7. The van der Waals surface area contributed by atoms with Crippen molar-refractivity contribution in [3.8, 4) is 11.5 Å². The summed E-state index contributed by atoms with van der Waals surface area (Å²) in [6, 6.07) is 2.25. The van der Waals surface area contributed by atoms with Crippen LogP contribution >= 0.6 is 0 Å². The minimum absolute atomic E-state index is 0.00750. The number of nitrogens with one attached hydrogen (secondary N) is 1. The Kier molecular flexibility index (Phi) is 6.32. The second kappa shape index (κ2) is 8.93. The highest BCUT2D eigenvalue weighted by atomic mass is 19.4. The molecule has 0 spiro atoms. The van der Waals surface area contributed by atoms with Gasteiger partial charge in [-0.15, -0.1) is 0 Å². The summed E-state index contributed by atoms with van der Waals surface area (Å²) >= 11 is 0. The number of piperidine rings is 1. The van der Waals surface area contributed by atoms with Crippen LogP contribution in [0.15, 0.2) is 18.3 Å². The Balaban J connectivity index is 1.47. The molecule has 0 aliphatic carbocycles. The molecule has 0 saturated carbocycles. The van der Waals surface area contributed by atoms with E-state index in [1.165, 1.54) is 17.2 Å². The third-order valence-electron chi connectivity index (χ3n) is 5.90. The van der Waals surface area contributed by atoms with Crippen LogP contribution in [0.25, 0.3) is 11.5 Å². The van der Waals surface area contributed by atoms with Crippen molar-refractivity contribution in [1.82, 2.24) is 24.8 Å². The molecule has 34 heavy (non-hydrogen) atoms. The lowest BCUT2D eigenvalue weighted by molar-refractivity contribution is -0.148. The molecule has 2 aromatic rings. The van der Waals surface area contributed by atoms with E-state index in [1.54, 1.807) is 6.07 Å². The molecule has 1 saturated heterocycles. The Bertz CT molecular complexity index is 1070. The molecule has 2 aliphatic heterocycles. The van der Waals surface area contributed by atoms with Gasteiger partial charge in [0.2, 0.25) is 11.8 Å². The maximum absolute atomic E-state index is 13.7. The van der Waals surface area contributed by atoms with Crippen LogP contribution in [0.3, 0.4) is 0 Å². The summed E-state index contributed by atoms with van der Waals surface area (Å²) in [7, 11) is 0. The van der Waals surface area contributed by atoms with E-state index in [1.807, 2.05) is 0 Å². The highest BCUT2D eigenvalue weighted by molar-refractivity contribution is 5.78. The monoisotopic (exact) mass is 486 g/mol. The number of rotatable bonds is 5. The molecule has 0 radical (unpaired) electrons. The van der Waals surface area contributed by atoms with E-state index in [9.17, 15) is 31.5 Å². The summed E-state index contributed by atoms with van der Waals surface area (Å²) in [5.74, 6) is -4.04. The third kappa shape index (κ3) is 5.18. The standard InChI is InChI=1S/C21H23F5N6O2/c22-20(23)5-3-16(33)32(11-20)9-12(27)8-17(34)31-7-4-13-15(10-31)29-19(14-2-1-6-28-14)30-18(13)21(24,25)26/h1-2,6,12,28H,3-5,7-11,27H2/t12-/m1/s1. The van der Waals surface area contributed by atoms with Crippen LogP contribution in [-0.2, 0) is 28.7 Å². The van der Waals surface area contributed by atoms with Gasteiger partial charge in [-0.2, -0.15) is 13.2 Å². The summed E-state index contributed by atoms with van der Waals surface area (Å²) in [5.41, 5.74) is 5.27. The molecule has 1 fully saturated rings. The van der Waals surface area contributed by atoms with E-state index in [4.69, 9.17) is 5.73 Å². The van der Waals surface area contributed by atoms with Gasteiger partial charge in [-0.1, -0.05) is 0 Å². The lowest BCUT2D eigenvalue weighted by Gasteiger charge is -2.34. The maximum atomic E-state index is 13.7. The topological polar surface area (TPSA) is 108 Å². The number of carbonyl (C=O) groups excluding carboxylic acids is 2.